The Morgan fingerprint density at radius 2 is 2.18 bits per heavy atom. The van der Waals surface area contributed by atoms with Crippen molar-refractivity contribution in [2.75, 3.05) is 17.2 Å². The number of hydrogen-bond acceptors (Lipinski definition) is 4. The number of aromatic hydroxyl groups is 1. The summed E-state index contributed by atoms with van der Waals surface area (Å²) >= 11 is 1.28. The largest absolute Gasteiger partial charge is 0.508 e. The SMILES string of the molecule is CC(=O)SCC1CC(=O)N(c2cccc3ccc(O)cc23)C1. The standard InChI is InChI=1S/C17H17NO3S/c1-11(19)22-10-12-7-17(21)18(9-12)16-4-2-3-13-5-6-14(20)8-15(13)16/h2-6,8,12,20H,7,9-10H2,1H3. The van der Waals surface area contributed by atoms with Crippen LogP contribution in [0.5, 0.6) is 5.75 Å². The zero-order valence-electron chi connectivity index (χ0n) is 12.3. The van der Waals surface area contributed by atoms with E-state index in [4.69, 9.17) is 0 Å². The number of carbonyl (C=O) groups is 2. The van der Waals surface area contributed by atoms with Gasteiger partial charge in [-0.1, -0.05) is 30.0 Å². The van der Waals surface area contributed by atoms with Crippen LogP contribution in [0.15, 0.2) is 36.4 Å². The fourth-order valence-electron chi connectivity index (χ4n) is 2.84. The highest BCUT2D eigenvalue weighted by Gasteiger charge is 2.31. The molecule has 0 spiro atoms. The number of phenols is 1. The number of hydrogen-bond donors (Lipinski definition) is 1. The molecule has 0 saturated carbocycles. The molecule has 1 N–H and O–H groups in total. The van der Waals surface area contributed by atoms with Crippen LogP contribution in [0.4, 0.5) is 5.69 Å². The van der Waals surface area contributed by atoms with Gasteiger partial charge in [-0.2, -0.15) is 0 Å². The van der Waals surface area contributed by atoms with E-state index in [0.717, 1.165) is 16.5 Å². The number of carbonyl (C=O) groups excluding carboxylic acids is 2. The Labute approximate surface area is 133 Å². The summed E-state index contributed by atoms with van der Waals surface area (Å²) < 4.78 is 0. The molecular weight excluding hydrogens is 298 g/mol. The molecular formula is C17H17NO3S. The van der Waals surface area contributed by atoms with Crippen LogP contribution >= 0.6 is 11.8 Å². The average Bonchev–Trinajstić information content (AvgIpc) is 2.85. The lowest BCUT2D eigenvalue weighted by atomic mass is 10.1. The molecule has 3 rings (SSSR count). The highest BCUT2D eigenvalue weighted by atomic mass is 32.2. The van der Waals surface area contributed by atoms with Crippen molar-refractivity contribution in [1.29, 1.82) is 0 Å². The first kappa shape index (κ1) is 14.9. The highest BCUT2D eigenvalue weighted by molar-refractivity contribution is 8.13. The molecule has 1 saturated heterocycles. The lowest BCUT2D eigenvalue weighted by Gasteiger charge is -2.19. The summed E-state index contributed by atoms with van der Waals surface area (Å²) in [6.07, 6.45) is 0.468. The van der Waals surface area contributed by atoms with Crippen LogP contribution in [-0.2, 0) is 9.59 Å². The second-order valence-electron chi connectivity index (χ2n) is 5.56. The third-order valence-corrected chi connectivity index (χ3v) is 4.91. The van der Waals surface area contributed by atoms with Gasteiger partial charge in [-0.05, 0) is 29.5 Å². The van der Waals surface area contributed by atoms with Gasteiger partial charge in [0.1, 0.15) is 5.75 Å². The first-order valence-corrected chi connectivity index (χ1v) is 8.18. The fourth-order valence-corrected chi connectivity index (χ4v) is 3.53. The summed E-state index contributed by atoms with van der Waals surface area (Å²) in [5.41, 5.74) is 0.828. The van der Waals surface area contributed by atoms with E-state index in [-0.39, 0.29) is 22.7 Å². The summed E-state index contributed by atoms with van der Waals surface area (Å²) in [6.45, 7) is 2.17. The summed E-state index contributed by atoms with van der Waals surface area (Å²) in [7, 11) is 0. The first-order valence-electron chi connectivity index (χ1n) is 7.20. The van der Waals surface area contributed by atoms with Crippen LogP contribution in [0.2, 0.25) is 0 Å². The topological polar surface area (TPSA) is 57.6 Å². The van der Waals surface area contributed by atoms with Crippen LogP contribution in [0.3, 0.4) is 0 Å². The first-order chi connectivity index (χ1) is 10.5. The van der Waals surface area contributed by atoms with Crippen LogP contribution in [0, 0.1) is 5.92 Å². The average molecular weight is 315 g/mol. The van der Waals surface area contributed by atoms with Crippen LogP contribution < -0.4 is 4.90 Å². The van der Waals surface area contributed by atoms with Crippen LogP contribution in [0.25, 0.3) is 10.8 Å². The number of fused-ring (bicyclic) bond motifs is 1. The molecule has 2 aromatic carbocycles. The minimum Gasteiger partial charge on any atom is -0.508 e. The van der Waals surface area contributed by atoms with Gasteiger partial charge in [0.15, 0.2) is 5.12 Å². The van der Waals surface area contributed by atoms with Crippen molar-refractivity contribution in [3.05, 3.63) is 36.4 Å². The van der Waals surface area contributed by atoms with Crippen molar-refractivity contribution in [3.63, 3.8) is 0 Å². The number of rotatable bonds is 3. The molecule has 5 heteroatoms. The molecule has 0 bridgehead atoms. The summed E-state index contributed by atoms with van der Waals surface area (Å²) in [6, 6.07) is 11.0. The fraction of sp³-hybridized carbons (Fsp3) is 0.294. The minimum atomic E-state index is 0.0741. The molecule has 0 aliphatic carbocycles. The van der Waals surface area contributed by atoms with Gasteiger partial charge < -0.3 is 10.0 Å². The van der Waals surface area contributed by atoms with Gasteiger partial charge in [0, 0.05) is 31.0 Å². The van der Waals surface area contributed by atoms with Crippen molar-refractivity contribution < 1.29 is 14.7 Å². The second kappa shape index (κ2) is 6.01. The van der Waals surface area contributed by atoms with Crippen molar-refractivity contribution >= 4 is 39.2 Å². The minimum absolute atomic E-state index is 0.0741. The monoisotopic (exact) mass is 315 g/mol. The number of thioether (sulfide) groups is 1. The quantitative estimate of drug-likeness (QED) is 0.945. The van der Waals surface area contributed by atoms with Gasteiger partial charge in [0.25, 0.3) is 0 Å². The van der Waals surface area contributed by atoms with Crippen LogP contribution in [-0.4, -0.2) is 28.4 Å². The molecule has 0 aromatic heterocycles. The van der Waals surface area contributed by atoms with E-state index < -0.39 is 0 Å². The molecule has 2 aromatic rings. The zero-order chi connectivity index (χ0) is 15.7. The molecule has 114 valence electrons. The van der Waals surface area contributed by atoms with Gasteiger partial charge in [-0.25, -0.2) is 0 Å². The molecule has 1 heterocycles. The van der Waals surface area contributed by atoms with E-state index in [1.54, 1.807) is 24.0 Å². The number of phenolic OH excluding ortho intramolecular Hbond substituents is 1. The van der Waals surface area contributed by atoms with E-state index in [1.165, 1.54) is 11.8 Å². The van der Waals surface area contributed by atoms with Gasteiger partial charge in [0.05, 0.1) is 5.69 Å². The Balaban J connectivity index is 1.89. The summed E-state index contributed by atoms with van der Waals surface area (Å²) in [5.74, 6) is 1.13. The summed E-state index contributed by atoms with van der Waals surface area (Å²) in [5, 5.41) is 11.7. The van der Waals surface area contributed by atoms with Gasteiger partial charge in [0.2, 0.25) is 5.91 Å². The van der Waals surface area contributed by atoms with Gasteiger partial charge >= 0.3 is 0 Å². The zero-order valence-corrected chi connectivity index (χ0v) is 13.1. The second-order valence-corrected chi connectivity index (χ2v) is 6.76. The molecule has 4 nitrogen and oxygen atoms in total. The number of amides is 1. The van der Waals surface area contributed by atoms with E-state index in [9.17, 15) is 14.7 Å². The Morgan fingerprint density at radius 1 is 1.36 bits per heavy atom. The molecule has 0 radical (unpaired) electrons. The molecule has 1 unspecified atom stereocenters. The number of anilines is 1. The summed E-state index contributed by atoms with van der Waals surface area (Å²) in [4.78, 5) is 25.2. The predicted molar refractivity (Wildman–Crippen MR) is 89.2 cm³/mol. The third kappa shape index (κ3) is 2.95. The van der Waals surface area contributed by atoms with E-state index in [1.807, 2.05) is 24.3 Å². The van der Waals surface area contributed by atoms with Gasteiger partial charge in [-0.3, -0.25) is 9.59 Å². The molecule has 1 aliphatic rings. The maximum absolute atomic E-state index is 12.3. The Morgan fingerprint density at radius 3 is 2.95 bits per heavy atom. The van der Waals surface area contributed by atoms with E-state index in [2.05, 4.69) is 0 Å². The van der Waals surface area contributed by atoms with Crippen molar-refractivity contribution in [2.24, 2.45) is 5.92 Å². The lowest BCUT2D eigenvalue weighted by Crippen LogP contribution is -2.25. The van der Waals surface area contributed by atoms with Crippen LogP contribution in [0.1, 0.15) is 13.3 Å². The van der Waals surface area contributed by atoms with Crippen molar-refractivity contribution in [1.82, 2.24) is 0 Å². The highest BCUT2D eigenvalue weighted by Crippen LogP contribution is 2.34. The van der Waals surface area contributed by atoms with E-state index in [0.29, 0.717) is 18.7 Å². The maximum atomic E-state index is 12.3. The predicted octanol–water partition coefficient (Wildman–Crippen LogP) is 3.18. The number of nitrogens with zero attached hydrogens (tertiary/aromatic N) is 1. The molecule has 1 atom stereocenters. The van der Waals surface area contributed by atoms with Crippen molar-refractivity contribution in [3.8, 4) is 5.75 Å². The Hall–Kier alpha value is -2.01. The Bertz CT molecular complexity index is 744. The Kier molecular flexibility index (Phi) is 4.07. The molecule has 1 amide bonds. The lowest BCUT2D eigenvalue weighted by molar-refractivity contribution is -0.117. The van der Waals surface area contributed by atoms with Gasteiger partial charge in [-0.15, -0.1) is 0 Å². The molecule has 22 heavy (non-hydrogen) atoms. The molecule has 1 aliphatic heterocycles. The molecule has 1 fully saturated rings. The normalized spacial score (nSPS) is 18.1. The smallest absolute Gasteiger partial charge is 0.227 e. The third-order valence-electron chi connectivity index (χ3n) is 3.86. The number of benzene rings is 2. The van der Waals surface area contributed by atoms with Crippen molar-refractivity contribution in [2.45, 2.75) is 13.3 Å². The van der Waals surface area contributed by atoms with E-state index >= 15 is 0 Å². The maximum Gasteiger partial charge on any atom is 0.227 e.